The minimum absolute atomic E-state index is 0.371. The third kappa shape index (κ3) is 4.55. The Morgan fingerprint density at radius 3 is 2.81 bits per heavy atom. The summed E-state index contributed by atoms with van der Waals surface area (Å²) in [7, 11) is 0. The van der Waals surface area contributed by atoms with Crippen LogP contribution >= 0.6 is 0 Å². The van der Waals surface area contributed by atoms with E-state index < -0.39 is 0 Å². The van der Waals surface area contributed by atoms with Crippen molar-refractivity contribution >= 4 is 5.78 Å². The molecule has 21 heavy (non-hydrogen) atoms. The minimum atomic E-state index is 0.371. The molecule has 0 bridgehead atoms. The zero-order valence-corrected chi connectivity index (χ0v) is 13.0. The van der Waals surface area contributed by atoms with Gasteiger partial charge in [0.15, 0.2) is 0 Å². The fourth-order valence-electron chi connectivity index (χ4n) is 2.48. The number of rotatable bonds is 8. The van der Waals surface area contributed by atoms with Gasteiger partial charge in [0.25, 0.3) is 0 Å². The first-order valence-electron chi connectivity index (χ1n) is 7.82. The number of benzene rings is 1. The van der Waals surface area contributed by atoms with Crippen LogP contribution in [0.2, 0.25) is 0 Å². The second-order valence-corrected chi connectivity index (χ2v) is 5.58. The molecular formula is C18H24N2O. The van der Waals surface area contributed by atoms with Crippen LogP contribution in [-0.2, 0) is 11.2 Å². The molecule has 0 radical (unpaired) electrons. The molecule has 0 aliphatic carbocycles. The van der Waals surface area contributed by atoms with E-state index in [-0.39, 0.29) is 0 Å². The van der Waals surface area contributed by atoms with Crippen molar-refractivity contribution in [2.45, 2.75) is 52.4 Å². The van der Waals surface area contributed by atoms with Gasteiger partial charge in [-0.1, -0.05) is 31.9 Å². The van der Waals surface area contributed by atoms with E-state index in [1.54, 1.807) is 6.20 Å². The average molecular weight is 284 g/mol. The molecule has 0 fully saturated rings. The quantitative estimate of drug-likeness (QED) is 0.679. The van der Waals surface area contributed by atoms with Crippen molar-refractivity contribution in [1.82, 2.24) is 9.78 Å². The van der Waals surface area contributed by atoms with Crippen LogP contribution in [0.15, 0.2) is 36.7 Å². The lowest BCUT2D eigenvalue weighted by Gasteiger charge is -2.10. The lowest BCUT2D eigenvalue weighted by atomic mass is 10.0. The van der Waals surface area contributed by atoms with Gasteiger partial charge in [0.1, 0.15) is 5.78 Å². The summed E-state index contributed by atoms with van der Waals surface area (Å²) in [4.78, 5) is 11.9. The molecule has 3 heteroatoms. The highest BCUT2D eigenvalue weighted by atomic mass is 16.1. The zero-order chi connectivity index (χ0) is 15.1. The molecule has 0 N–H and O–H groups in total. The molecule has 0 aliphatic heterocycles. The van der Waals surface area contributed by atoms with E-state index in [4.69, 9.17) is 0 Å². The fraction of sp³-hybridized carbons (Fsp3) is 0.444. The molecule has 1 aromatic heterocycles. The summed E-state index contributed by atoms with van der Waals surface area (Å²) in [6, 6.07) is 8.27. The number of ketones is 1. The number of unbranched alkanes of at least 4 members (excludes halogenated alkanes) is 2. The van der Waals surface area contributed by atoms with E-state index >= 15 is 0 Å². The number of hydrogen-bond donors (Lipinski definition) is 0. The Balaban J connectivity index is 2.02. The molecule has 3 nitrogen and oxygen atoms in total. The average Bonchev–Trinajstić information content (AvgIpc) is 3.00. The topological polar surface area (TPSA) is 34.9 Å². The first-order valence-corrected chi connectivity index (χ1v) is 7.82. The summed E-state index contributed by atoms with van der Waals surface area (Å²) in [5, 5.41) is 4.31. The largest absolute Gasteiger partial charge is 0.300 e. The summed E-state index contributed by atoms with van der Waals surface area (Å²) in [6.45, 7) is 4.24. The summed E-state index contributed by atoms with van der Waals surface area (Å²) in [6.07, 6.45) is 9.19. The molecule has 0 unspecified atom stereocenters. The second kappa shape index (κ2) is 7.77. The van der Waals surface area contributed by atoms with E-state index in [1.807, 2.05) is 16.9 Å². The van der Waals surface area contributed by atoms with E-state index in [2.05, 4.69) is 37.1 Å². The molecule has 0 amide bonds. The highest BCUT2D eigenvalue weighted by Crippen LogP contribution is 2.18. The second-order valence-electron chi connectivity index (χ2n) is 5.58. The molecule has 0 aliphatic rings. The molecule has 0 saturated carbocycles. The van der Waals surface area contributed by atoms with Crippen LogP contribution in [0.3, 0.4) is 0 Å². The number of hydrogen-bond acceptors (Lipinski definition) is 2. The van der Waals surface area contributed by atoms with Crippen LogP contribution < -0.4 is 0 Å². The van der Waals surface area contributed by atoms with Gasteiger partial charge >= 0.3 is 0 Å². The predicted molar refractivity (Wildman–Crippen MR) is 85.8 cm³/mol. The monoisotopic (exact) mass is 284 g/mol. The van der Waals surface area contributed by atoms with Crippen molar-refractivity contribution in [1.29, 1.82) is 0 Å². The molecular weight excluding hydrogens is 260 g/mol. The molecule has 2 rings (SSSR count). The van der Waals surface area contributed by atoms with Gasteiger partial charge in [0.05, 0.1) is 5.69 Å². The lowest BCUT2D eigenvalue weighted by molar-refractivity contribution is -0.119. The van der Waals surface area contributed by atoms with Crippen molar-refractivity contribution in [2.75, 3.05) is 0 Å². The number of aryl methyl sites for hydroxylation is 2. The summed E-state index contributed by atoms with van der Waals surface area (Å²) in [5.74, 6) is 0.371. The van der Waals surface area contributed by atoms with Crippen LogP contribution in [0, 0.1) is 6.92 Å². The highest BCUT2D eigenvalue weighted by molar-refractivity contribution is 5.78. The van der Waals surface area contributed by atoms with Gasteiger partial charge in [0, 0.05) is 25.2 Å². The standard InChI is InChI=1S/C18H24N2O/c1-3-4-5-7-17(21)11-10-16-9-8-15(2)14-18(16)20-13-6-12-19-20/h6,8-9,12-14H,3-5,7,10-11H2,1-2H3. The lowest BCUT2D eigenvalue weighted by Crippen LogP contribution is -2.05. The molecule has 112 valence electrons. The van der Waals surface area contributed by atoms with Gasteiger partial charge in [-0.15, -0.1) is 0 Å². The van der Waals surface area contributed by atoms with Crippen molar-refractivity contribution in [3.63, 3.8) is 0 Å². The number of carbonyl (C=O) groups excluding carboxylic acids is 1. The van der Waals surface area contributed by atoms with Crippen molar-refractivity contribution in [3.8, 4) is 5.69 Å². The Bertz CT molecular complexity index is 573. The number of carbonyl (C=O) groups is 1. The van der Waals surface area contributed by atoms with E-state index in [1.165, 1.54) is 11.1 Å². The number of aromatic nitrogens is 2. The fourth-order valence-corrected chi connectivity index (χ4v) is 2.48. The van der Waals surface area contributed by atoms with Crippen LogP contribution in [0.5, 0.6) is 0 Å². The van der Waals surface area contributed by atoms with E-state index in [0.29, 0.717) is 12.2 Å². The molecule has 1 heterocycles. The Kier molecular flexibility index (Phi) is 5.73. The SMILES string of the molecule is CCCCCC(=O)CCc1ccc(C)cc1-n1cccn1. The van der Waals surface area contributed by atoms with Gasteiger partial charge in [-0.2, -0.15) is 5.10 Å². The predicted octanol–water partition coefficient (Wildman–Crippen LogP) is 4.26. The molecule has 0 saturated heterocycles. The van der Waals surface area contributed by atoms with Gasteiger partial charge in [-0.3, -0.25) is 4.79 Å². The van der Waals surface area contributed by atoms with Crippen LogP contribution in [0.1, 0.15) is 50.2 Å². The maximum absolute atomic E-state index is 11.9. The van der Waals surface area contributed by atoms with Crippen LogP contribution in [-0.4, -0.2) is 15.6 Å². The third-order valence-corrected chi connectivity index (χ3v) is 3.72. The number of nitrogens with zero attached hydrogens (tertiary/aromatic N) is 2. The summed E-state index contributed by atoms with van der Waals surface area (Å²) >= 11 is 0. The minimum Gasteiger partial charge on any atom is -0.300 e. The smallest absolute Gasteiger partial charge is 0.133 e. The van der Waals surface area contributed by atoms with E-state index in [9.17, 15) is 4.79 Å². The highest BCUT2D eigenvalue weighted by Gasteiger charge is 2.08. The van der Waals surface area contributed by atoms with Crippen molar-refractivity contribution in [2.24, 2.45) is 0 Å². The first-order chi connectivity index (χ1) is 10.2. The van der Waals surface area contributed by atoms with E-state index in [0.717, 1.165) is 37.8 Å². The third-order valence-electron chi connectivity index (χ3n) is 3.72. The molecule has 0 spiro atoms. The Morgan fingerprint density at radius 2 is 2.10 bits per heavy atom. The van der Waals surface area contributed by atoms with Gasteiger partial charge < -0.3 is 0 Å². The van der Waals surface area contributed by atoms with Crippen LogP contribution in [0.4, 0.5) is 0 Å². The van der Waals surface area contributed by atoms with Crippen molar-refractivity contribution < 1.29 is 4.79 Å². The van der Waals surface area contributed by atoms with Crippen LogP contribution in [0.25, 0.3) is 5.69 Å². The van der Waals surface area contributed by atoms with Gasteiger partial charge in [0.2, 0.25) is 0 Å². The number of Topliss-reactive ketones (excluding diaryl/α,β-unsaturated/α-hetero) is 1. The summed E-state index contributed by atoms with van der Waals surface area (Å²) < 4.78 is 1.88. The zero-order valence-electron chi connectivity index (χ0n) is 13.0. The molecule has 1 aromatic carbocycles. The maximum atomic E-state index is 11.9. The molecule has 0 atom stereocenters. The summed E-state index contributed by atoms with van der Waals surface area (Å²) in [5.41, 5.74) is 3.48. The Labute approximate surface area is 127 Å². The normalized spacial score (nSPS) is 10.8. The van der Waals surface area contributed by atoms with Gasteiger partial charge in [-0.05, 0) is 43.0 Å². The Morgan fingerprint density at radius 1 is 1.24 bits per heavy atom. The van der Waals surface area contributed by atoms with Gasteiger partial charge in [-0.25, -0.2) is 4.68 Å². The Hall–Kier alpha value is -1.90. The van der Waals surface area contributed by atoms with Crippen molar-refractivity contribution in [3.05, 3.63) is 47.8 Å². The molecule has 2 aromatic rings. The maximum Gasteiger partial charge on any atom is 0.133 e. The first kappa shape index (κ1) is 15.5.